The maximum Gasteiger partial charge on any atom is 0.332 e. The molecule has 1 saturated heterocycles. The number of allylic oxidation sites excluding steroid dienone is 2. The van der Waals surface area contributed by atoms with E-state index >= 15 is 0 Å². The van der Waals surface area contributed by atoms with Crippen molar-refractivity contribution in [3.63, 3.8) is 0 Å². The lowest BCUT2D eigenvalue weighted by atomic mass is 9.99. The first-order valence-electron chi connectivity index (χ1n) is 10.4. The molecule has 0 aromatic carbocycles. The lowest BCUT2D eigenvalue weighted by molar-refractivity contribution is 0.245. The normalized spacial score (nSPS) is 19.3. The van der Waals surface area contributed by atoms with Crippen LogP contribution >= 0.6 is 0 Å². The average Bonchev–Trinajstić information content (AvgIpc) is 3.40. The van der Waals surface area contributed by atoms with Crippen molar-refractivity contribution in [3.05, 3.63) is 59.6 Å². The molecule has 1 atom stereocenters. The van der Waals surface area contributed by atoms with E-state index in [2.05, 4.69) is 20.2 Å². The van der Waals surface area contributed by atoms with E-state index in [0.717, 1.165) is 42.2 Å². The topological polar surface area (TPSA) is 75.9 Å². The lowest BCUT2D eigenvalue weighted by Crippen LogP contribution is -2.28. The zero-order chi connectivity index (χ0) is 20.7. The summed E-state index contributed by atoms with van der Waals surface area (Å²) in [5, 5.41) is 2.97. The smallest absolute Gasteiger partial charge is 0.332 e. The Kier molecular flexibility index (Phi) is 4.69. The summed E-state index contributed by atoms with van der Waals surface area (Å²) in [7, 11) is 0. The summed E-state index contributed by atoms with van der Waals surface area (Å²) < 4.78 is 15.6. The zero-order valence-electron chi connectivity index (χ0n) is 16.8. The molecule has 1 N–H and O–H groups in total. The first-order valence-corrected chi connectivity index (χ1v) is 10.4. The molecule has 0 saturated carbocycles. The van der Waals surface area contributed by atoms with Crippen LogP contribution in [0.2, 0.25) is 0 Å². The van der Waals surface area contributed by atoms with E-state index < -0.39 is 0 Å². The van der Waals surface area contributed by atoms with Crippen LogP contribution in [0, 0.1) is 5.82 Å². The van der Waals surface area contributed by atoms with Crippen LogP contribution in [0.25, 0.3) is 11.2 Å². The number of aryl methyl sites for hydroxylation is 1. The number of nitrogens with zero attached hydrogens (tertiary/aromatic N) is 5. The number of halogens is 1. The number of hydrogen-bond acceptors (Lipinski definition) is 5. The number of carbonyl (C=O) groups is 1. The van der Waals surface area contributed by atoms with Crippen LogP contribution in [0.4, 0.5) is 15.0 Å². The highest BCUT2D eigenvalue weighted by Crippen LogP contribution is 2.37. The molecule has 8 heteroatoms. The van der Waals surface area contributed by atoms with Gasteiger partial charge in [-0.15, -0.1) is 0 Å². The molecule has 0 spiro atoms. The van der Waals surface area contributed by atoms with Crippen LogP contribution < -0.4 is 10.2 Å². The minimum Gasteiger partial charge on any atom is -0.349 e. The first-order chi connectivity index (χ1) is 14.6. The molecule has 0 aliphatic carbocycles. The van der Waals surface area contributed by atoms with Crippen molar-refractivity contribution in [1.29, 1.82) is 0 Å². The molecule has 2 aliphatic heterocycles. The average molecular weight is 406 g/mol. The molecule has 3 aromatic rings. The largest absolute Gasteiger partial charge is 0.349 e. The predicted molar refractivity (Wildman–Crippen MR) is 112 cm³/mol. The van der Waals surface area contributed by atoms with Crippen LogP contribution in [-0.2, 0) is 6.42 Å². The highest BCUT2D eigenvalue weighted by molar-refractivity contribution is 5.88. The summed E-state index contributed by atoms with van der Waals surface area (Å²) in [6.45, 7) is 2.81. The van der Waals surface area contributed by atoms with E-state index in [9.17, 15) is 9.18 Å². The Balaban J connectivity index is 1.68. The second kappa shape index (κ2) is 7.51. The molecule has 2 bridgehead atoms. The van der Waals surface area contributed by atoms with Gasteiger partial charge in [0, 0.05) is 17.9 Å². The van der Waals surface area contributed by atoms with Crippen molar-refractivity contribution < 1.29 is 9.18 Å². The van der Waals surface area contributed by atoms with E-state index in [-0.39, 0.29) is 17.9 Å². The van der Waals surface area contributed by atoms with Crippen LogP contribution in [0.3, 0.4) is 0 Å². The molecule has 1 amide bonds. The Morgan fingerprint density at radius 3 is 3.07 bits per heavy atom. The summed E-state index contributed by atoms with van der Waals surface area (Å²) in [4.78, 5) is 28.6. The molecule has 2 aliphatic rings. The van der Waals surface area contributed by atoms with Gasteiger partial charge in [-0.3, -0.25) is 4.98 Å². The first kappa shape index (κ1) is 18.7. The third kappa shape index (κ3) is 3.22. The Morgan fingerprint density at radius 2 is 2.20 bits per heavy atom. The van der Waals surface area contributed by atoms with Crippen molar-refractivity contribution in [3.8, 4) is 0 Å². The molecular weight excluding hydrogens is 383 g/mol. The minimum absolute atomic E-state index is 0.0101. The van der Waals surface area contributed by atoms with E-state index in [0.29, 0.717) is 30.4 Å². The van der Waals surface area contributed by atoms with E-state index in [1.807, 2.05) is 25.1 Å². The highest BCUT2D eigenvalue weighted by atomic mass is 19.1. The molecule has 5 rings (SSSR count). The van der Waals surface area contributed by atoms with E-state index in [1.54, 1.807) is 6.07 Å². The van der Waals surface area contributed by atoms with Gasteiger partial charge in [0.2, 0.25) is 0 Å². The Morgan fingerprint density at radius 1 is 1.30 bits per heavy atom. The molecule has 1 fully saturated rings. The van der Waals surface area contributed by atoms with Crippen LogP contribution in [0.1, 0.15) is 49.9 Å². The van der Waals surface area contributed by atoms with Gasteiger partial charge in [-0.05, 0) is 55.9 Å². The summed E-state index contributed by atoms with van der Waals surface area (Å²) >= 11 is 0. The molecular formula is C22H23FN6O. The fraction of sp³-hybridized carbons (Fsp3) is 0.364. The summed E-state index contributed by atoms with van der Waals surface area (Å²) in [6.07, 6.45) is 8.79. The van der Waals surface area contributed by atoms with Gasteiger partial charge in [-0.25, -0.2) is 23.7 Å². The Labute approximate surface area is 173 Å². The summed E-state index contributed by atoms with van der Waals surface area (Å²) in [5.74, 6) is 0.443. The monoisotopic (exact) mass is 406 g/mol. The molecule has 3 aromatic heterocycles. The maximum absolute atomic E-state index is 14.1. The fourth-order valence-corrected chi connectivity index (χ4v) is 4.40. The van der Waals surface area contributed by atoms with Gasteiger partial charge in [0.05, 0.1) is 12.2 Å². The van der Waals surface area contributed by atoms with Gasteiger partial charge >= 0.3 is 6.03 Å². The van der Waals surface area contributed by atoms with Gasteiger partial charge < -0.3 is 10.2 Å². The second-order valence-electron chi connectivity index (χ2n) is 7.72. The van der Waals surface area contributed by atoms with Crippen molar-refractivity contribution in [2.45, 2.75) is 45.1 Å². The third-order valence-electron chi connectivity index (χ3n) is 5.90. The van der Waals surface area contributed by atoms with Crippen molar-refractivity contribution in [2.24, 2.45) is 0 Å². The second-order valence-corrected chi connectivity index (χ2v) is 7.72. The van der Waals surface area contributed by atoms with Gasteiger partial charge in [-0.2, -0.15) is 0 Å². The summed E-state index contributed by atoms with van der Waals surface area (Å²) in [5.41, 5.74) is 3.83. The van der Waals surface area contributed by atoms with Crippen LogP contribution in [-0.4, -0.2) is 32.1 Å². The van der Waals surface area contributed by atoms with Crippen molar-refractivity contribution in [1.82, 2.24) is 24.8 Å². The zero-order valence-corrected chi connectivity index (χ0v) is 16.8. The van der Waals surface area contributed by atoms with E-state index in [4.69, 9.17) is 4.98 Å². The Bertz CT molecular complexity index is 1150. The van der Waals surface area contributed by atoms with Crippen LogP contribution in [0.5, 0.6) is 0 Å². The van der Waals surface area contributed by atoms with Crippen molar-refractivity contribution in [2.75, 3.05) is 11.4 Å². The standard InChI is InChI=1S/C22H23FN6O/c1-2-15-5-3-6-17-16(11-14(23)12-24-17)19-7-4-10-28(19)20-9-8-18-21(27-20)29(13-25-18)22(30)26-15/h5,8-9,11-13,19H,2-4,6-7,10H2,1H3,(H,26,30)/t19-/m1/s1. The number of anilines is 1. The van der Waals surface area contributed by atoms with Crippen molar-refractivity contribution >= 4 is 23.0 Å². The molecule has 30 heavy (non-hydrogen) atoms. The number of amides is 1. The number of carbonyl (C=O) groups excluding carboxylic acids is 1. The lowest BCUT2D eigenvalue weighted by Gasteiger charge is -2.27. The third-order valence-corrected chi connectivity index (χ3v) is 5.90. The van der Waals surface area contributed by atoms with Crippen LogP contribution in [0.15, 0.2) is 42.5 Å². The van der Waals surface area contributed by atoms with Gasteiger partial charge in [0.1, 0.15) is 23.5 Å². The molecule has 0 radical (unpaired) electrons. The minimum atomic E-state index is -0.319. The fourth-order valence-electron chi connectivity index (χ4n) is 4.40. The number of rotatable bonds is 1. The van der Waals surface area contributed by atoms with Gasteiger partial charge in [0.25, 0.3) is 0 Å². The summed E-state index contributed by atoms with van der Waals surface area (Å²) in [6, 6.07) is 5.16. The van der Waals surface area contributed by atoms with Gasteiger partial charge in [0.15, 0.2) is 5.65 Å². The molecule has 5 heterocycles. The number of pyridine rings is 2. The number of nitrogens with one attached hydrogen (secondary N) is 1. The Hall–Kier alpha value is -3.29. The highest BCUT2D eigenvalue weighted by Gasteiger charge is 2.30. The van der Waals surface area contributed by atoms with E-state index in [1.165, 1.54) is 17.1 Å². The number of fused-ring (bicyclic) bond motifs is 5. The number of hydrogen-bond donors (Lipinski definition) is 1. The molecule has 0 unspecified atom stereocenters. The quantitative estimate of drug-likeness (QED) is 0.658. The maximum atomic E-state index is 14.1. The number of imidazole rings is 1. The molecule has 154 valence electrons. The SMILES string of the molecule is CCC1=CCCc2ncc(F)cc2[C@H]2CCCN2c2ccc3ncn(c3n2)C(=O)N1. The molecule has 7 nitrogen and oxygen atoms in total. The predicted octanol–water partition coefficient (Wildman–Crippen LogP) is 4.10. The number of aromatic nitrogens is 4. The van der Waals surface area contributed by atoms with Gasteiger partial charge in [-0.1, -0.05) is 13.0 Å².